The first-order valence-corrected chi connectivity index (χ1v) is 6.14. The van der Waals surface area contributed by atoms with Crippen molar-refractivity contribution in [3.05, 3.63) is 24.8 Å². The van der Waals surface area contributed by atoms with Gasteiger partial charge >= 0.3 is 11.9 Å². The van der Waals surface area contributed by atoms with Crippen molar-refractivity contribution in [3.8, 4) is 0 Å². The van der Waals surface area contributed by atoms with Crippen molar-refractivity contribution in [2.24, 2.45) is 5.41 Å². The second kappa shape index (κ2) is 9.08. The van der Waals surface area contributed by atoms with Gasteiger partial charge in [-0.05, 0) is 20.3 Å². The zero-order chi connectivity index (χ0) is 14.7. The molecule has 0 aromatic rings. The van der Waals surface area contributed by atoms with Gasteiger partial charge in [-0.2, -0.15) is 0 Å². The Morgan fingerprint density at radius 1 is 1.11 bits per heavy atom. The molecule has 5 nitrogen and oxygen atoms in total. The normalized spacial score (nSPS) is 11.1. The molecule has 0 rings (SSSR count). The standard InChI is InChI=1S/C14H20O5/c1-4-7-8-9-14(10-11-15,12(16)18-5-2)13(17)19-6-3/h4,7-8,11H,1,5-6,9-10H2,2-3H3. The number of aldehydes is 1. The van der Waals surface area contributed by atoms with Crippen LogP contribution in [0.3, 0.4) is 0 Å². The van der Waals surface area contributed by atoms with Crippen molar-refractivity contribution >= 4 is 18.2 Å². The average Bonchev–Trinajstić information content (AvgIpc) is 2.38. The van der Waals surface area contributed by atoms with Crippen LogP contribution in [0.1, 0.15) is 26.7 Å². The number of carbonyl (C=O) groups excluding carboxylic acids is 3. The zero-order valence-electron chi connectivity index (χ0n) is 11.4. The van der Waals surface area contributed by atoms with Gasteiger partial charge in [-0.1, -0.05) is 24.8 Å². The van der Waals surface area contributed by atoms with Gasteiger partial charge in [0.15, 0.2) is 5.41 Å². The monoisotopic (exact) mass is 268 g/mol. The SMILES string of the molecule is C=CC=CCC(CC=O)(C(=O)OCC)C(=O)OCC. The maximum absolute atomic E-state index is 12.0. The van der Waals surface area contributed by atoms with Crippen LogP contribution in [0.15, 0.2) is 24.8 Å². The molecule has 0 radical (unpaired) electrons. The van der Waals surface area contributed by atoms with E-state index in [1.807, 2.05) is 0 Å². The largest absolute Gasteiger partial charge is 0.465 e. The molecule has 0 aliphatic carbocycles. The molecule has 0 aliphatic heterocycles. The van der Waals surface area contributed by atoms with Gasteiger partial charge in [0.1, 0.15) is 6.29 Å². The third kappa shape index (κ3) is 4.69. The molecule has 106 valence electrons. The van der Waals surface area contributed by atoms with E-state index >= 15 is 0 Å². The van der Waals surface area contributed by atoms with Gasteiger partial charge in [0, 0.05) is 6.42 Å². The Labute approximate surface area is 113 Å². The second-order valence-corrected chi connectivity index (χ2v) is 3.76. The summed E-state index contributed by atoms with van der Waals surface area (Å²) in [4.78, 5) is 34.9. The van der Waals surface area contributed by atoms with Gasteiger partial charge in [0.25, 0.3) is 0 Å². The van der Waals surface area contributed by atoms with Crippen molar-refractivity contribution in [3.63, 3.8) is 0 Å². The Hall–Kier alpha value is -1.91. The van der Waals surface area contributed by atoms with Crippen LogP contribution in [0.5, 0.6) is 0 Å². The number of esters is 2. The molecule has 5 heteroatoms. The summed E-state index contributed by atoms with van der Waals surface area (Å²) in [5.41, 5.74) is -1.60. The highest BCUT2D eigenvalue weighted by molar-refractivity contribution is 6.02. The maximum atomic E-state index is 12.0. The van der Waals surface area contributed by atoms with E-state index in [1.54, 1.807) is 26.0 Å². The van der Waals surface area contributed by atoms with Crippen LogP contribution in [0.25, 0.3) is 0 Å². The van der Waals surface area contributed by atoms with Gasteiger partial charge in [0.05, 0.1) is 13.2 Å². The fourth-order valence-electron chi connectivity index (χ4n) is 1.55. The van der Waals surface area contributed by atoms with E-state index in [2.05, 4.69) is 6.58 Å². The van der Waals surface area contributed by atoms with Crippen LogP contribution in [0.4, 0.5) is 0 Å². The number of hydrogen-bond donors (Lipinski definition) is 0. The van der Waals surface area contributed by atoms with E-state index in [0.29, 0.717) is 6.29 Å². The molecule has 0 saturated carbocycles. The molecule has 0 saturated heterocycles. The lowest BCUT2D eigenvalue weighted by Crippen LogP contribution is -2.42. The fraction of sp³-hybridized carbons (Fsp3) is 0.500. The maximum Gasteiger partial charge on any atom is 0.324 e. The summed E-state index contributed by atoms with van der Waals surface area (Å²) in [5.74, 6) is -1.48. The van der Waals surface area contributed by atoms with Crippen molar-refractivity contribution in [2.75, 3.05) is 13.2 Å². The van der Waals surface area contributed by atoms with Crippen LogP contribution in [-0.4, -0.2) is 31.4 Å². The Morgan fingerprint density at radius 2 is 1.63 bits per heavy atom. The Morgan fingerprint density at radius 3 is 2.00 bits per heavy atom. The van der Waals surface area contributed by atoms with Crippen molar-refractivity contribution < 1.29 is 23.9 Å². The molecule has 0 amide bonds. The molecule has 0 aliphatic rings. The van der Waals surface area contributed by atoms with E-state index in [4.69, 9.17) is 9.47 Å². The third-order valence-electron chi connectivity index (χ3n) is 2.50. The summed E-state index contributed by atoms with van der Waals surface area (Å²) >= 11 is 0. The number of ether oxygens (including phenoxy) is 2. The minimum Gasteiger partial charge on any atom is -0.465 e. The summed E-state index contributed by atoms with van der Waals surface area (Å²) in [6.45, 7) is 7.02. The Bertz CT molecular complexity index is 339. The Balaban J connectivity index is 5.36. The molecule has 0 fully saturated rings. The van der Waals surface area contributed by atoms with Gasteiger partial charge in [-0.15, -0.1) is 0 Å². The highest BCUT2D eigenvalue weighted by Crippen LogP contribution is 2.30. The first kappa shape index (κ1) is 17.1. The van der Waals surface area contributed by atoms with Gasteiger partial charge in [-0.3, -0.25) is 9.59 Å². The number of carbonyl (C=O) groups is 3. The molecule has 0 bridgehead atoms. The molecule has 0 N–H and O–H groups in total. The van der Waals surface area contributed by atoms with Gasteiger partial charge in [0.2, 0.25) is 0 Å². The number of hydrogen-bond acceptors (Lipinski definition) is 5. The highest BCUT2D eigenvalue weighted by Gasteiger charge is 2.47. The Kier molecular flexibility index (Phi) is 8.17. The van der Waals surface area contributed by atoms with Crippen LogP contribution in [-0.2, 0) is 23.9 Å². The van der Waals surface area contributed by atoms with Crippen LogP contribution < -0.4 is 0 Å². The number of rotatable bonds is 9. The lowest BCUT2D eigenvalue weighted by molar-refractivity contribution is -0.173. The molecule has 0 spiro atoms. The van der Waals surface area contributed by atoms with Gasteiger partial charge < -0.3 is 14.3 Å². The summed E-state index contributed by atoms with van der Waals surface area (Å²) in [6, 6.07) is 0. The van der Waals surface area contributed by atoms with Crippen LogP contribution >= 0.6 is 0 Å². The summed E-state index contributed by atoms with van der Waals surface area (Å²) in [6.07, 6.45) is 4.99. The molecule has 0 atom stereocenters. The minimum absolute atomic E-state index is 0.0371. The molecule has 0 unspecified atom stereocenters. The van der Waals surface area contributed by atoms with Crippen LogP contribution in [0.2, 0.25) is 0 Å². The molecular weight excluding hydrogens is 248 g/mol. The first-order chi connectivity index (χ1) is 9.08. The number of allylic oxidation sites excluding steroid dienone is 3. The zero-order valence-corrected chi connectivity index (χ0v) is 11.4. The van der Waals surface area contributed by atoms with E-state index in [0.717, 1.165) is 0 Å². The topological polar surface area (TPSA) is 69.7 Å². The van der Waals surface area contributed by atoms with Crippen molar-refractivity contribution in [1.29, 1.82) is 0 Å². The molecule has 0 heterocycles. The van der Waals surface area contributed by atoms with Crippen molar-refractivity contribution in [1.82, 2.24) is 0 Å². The van der Waals surface area contributed by atoms with E-state index in [-0.39, 0.29) is 26.1 Å². The molecule has 0 aromatic carbocycles. The summed E-state index contributed by atoms with van der Waals surface area (Å²) < 4.78 is 9.80. The first-order valence-electron chi connectivity index (χ1n) is 6.14. The minimum atomic E-state index is -1.60. The second-order valence-electron chi connectivity index (χ2n) is 3.76. The highest BCUT2D eigenvalue weighted by atomic mass is 16.6. The predicted octanol–water partition coefficient (Wildman–Crippen LogP) is 1.82. The van der Waals surface area contributed by atoms with Crippen molar-refractivity contribution in [2.45, 2.75) is 26.7 Å². The third-order valence-corrected chi connectivity index (χ3v) is 2.50. The summed E-state index contributed by atoms with van der Waals surface area (Å²) in [5, 5.41) is 0. The van der Waals surface area contributed by atoms with Crippen LogP contribution in [0, 0.1) is 5.41 Å². The summed E-state index contributed by atoms with van der Waals surface area (Å²) in [7, 11) is 0. The van der Waals surface area contributed by atoms with Gasteiger partial charge in [-0.25, -0.2) is 0 Å². The lowest BCUT2D eigenvalue weighted by atomic mass is 9.81. The molecule has 19 heavy (non-hydrogen) atoms. The fourth-order valence-corrected chi connectivity index (χ4v) is 1.55. The van der Waals surface area contributed by atoms with E-state index in [1.165, 1.54) is 6.08 Å². The lowest BCUT2D eigenvalue weighted by Gasteiger charge is -2.26. The van der Waals surface area contributed by atoms with E-state index in [9.17, 15) is 14.4 Å². The predicted molar refractivity (Wildman–Crippen MR) is 70.3 cm³/mol. The average molecular weight is 268 g/mol. The quantitative estimate of drug-likeness (QED) is 0.276. The molecule has 0 aromatic heterocycles. The molecular formula is C14H20O5. The smallest absolute Gasteiger partial charge is 0.324 e. The van der Waals surface area contributed by atoms with E-state index < -0.39 is 17.4 Å².